The van der Waals surface area contributed by atoms with Crippen molar-refractivity contribution in [2.24, 2.45) is 0 Å². The summed E-state index contributed by atoms with van der Waals surface area (Å²) in [6, 6.07) is 13.0. The molecule has 2 fully saturated rings. The summed E-state index contributed by atoms with van der Waals surface area (Å²) in [6.45, 7) is 8.92. The van der Waals surface area contributed by atoms with Crippen molar-refractivity contribution in [1.29, 1.82) is 5.26 Å². The molecule has 1 aromatic carbocycles. The average molecular weight is 434 g/mol. The first kappa shape index (κ1) is 20.0. The van der Waals surface area contributed by atoms with Gasteiger partial charge in [0, 0.05) is 73.8 Å². The molecule has 0 radical (unpaired) electrons. The summed E-state index contributed by atoms with van der Waals surface area (Å²) >= 11 is 6.12. The smallest absolute Gasteiger partial charge is 0.224 e. The van der Waals surface area contributed by atoms with Gasteiger partial charge in [-0.1, -0.05) is 0 Å². The van der Waals surface area contributed by atoms with E-state index < -0.39 is 0 Å². The Morgan fingerprint density at radius 3 is 2.74 bits per heavy atom. The normalized spacial score (nSPS) is 21.7. The number of rotatable bonds is 2. The predicted molar refractivity (Wildman–Crippen MR) is 123 cm³/mol. The van der Waals surface area contributed by atoms with Gasteiger partial charge < -0.3 is 9.80 Å². The van der Waals surface area contributed by atoms with Crippen LogP contribution in [0.15, 0.2) is 36.5 Å². The Morgan fingerprint density at radius 1 is 1.10 bits per heavy atom. The lowest BCUT2D eigenvalue weighted by molar-refractivity contribution is 0.108. The molecule has 0 N–H and O–H groups in total. The van der Waals surface area contributed by atoms with Gasteiger partial charge in [-0.15, -0.1) is 0 Å². The number of hydrogen-bond acceptors (Lipinski definition) is 7. The number of piperazine rings is 2. The van der Waals surface area contributed by atoms with E-state index in [-0.39, 0.29) is 0 Å². The van der Waals surface area contributed by atoms with E-state index in [1.165, 1.54) is 0 Å². The highest BCUT2D eigenvalue weighted by Gasteiger charge is 2.37. The predicted octanol–water partition coefficient (Wildman–Crippen LogP) is 3.26. The molecule has 8 heteroatoms. The topological polar surface area (TPSA) is 72.2 Å². The molecule has 0 saturated carbocycles. The maximum atomic E-state index is 9.47. The quantitative estimate of drug-likeness (QED) is 0.574. The summed E-state index contributed by atoms with van der Waals surface area (Å²) in [7, 11) is 0. The number of aryl methyl sites for hydroxylation is 1. The first-order valence-electron chi connectivity index (χ1n) is 10.6. The van der Waals surface area contributed by atoms with Crippen molar-refractivity contribution in [3.63, 3.8) is 0 Å². The van der Waals surface area contributed by atoms with Crippen molar-refractivity contribution in [3.05, 3.63) is 53.1 Å². The van der Waals surface area contributed by atoms with Crippen molar-refractivity contribution < 1.29 is 0 Å². The third kappa shape index (κ3) is 3.67. The molecule has 2 atom stereocenters. The molecule has 2 saturated heterocycles. The van der Waals surface area contributed by atoms with Gasteiger partial charge in [0.25, 0.3) is 0 Å². The standard InChI is InChI=1S/C23H24ClN7/c1-15-10-21(28-23(24)27-15)29-8-9-31-16(2)12-30(14-18(31)13-29)20-6-5-17(11-25)22-19(20)4-3-7-26-22/h3-7,10,16,18H,8-9,12-14H2,1-2H3. The van der Waals surface area contributed by atoms with Crippen LogP contribution in [-0.4, -0.2) is 64.7 Å². The van der Waals surface area contributed by atoms with E-state index in [1.807, 2.05) is 25.1 Å². The first-order valence-corrected chi connectivity index (χ1v) is 11.0. The van der Waals surface area contributed by atoms with Crippen LogP contribution in [0.4, 0.5) is 11.5 Å². The Morgan fingerprint density at radius 2 is 1.94 bits per heavy atom. The fourth-order valence-corrected chi connectivity index (χ4v) is 5.19. The molecule has 2 unspecified atom stereocenters. The van der Waals surface area contributed by atoms with Gasteiger partial charge in [-0.05, 0) is 49.7 Å². The number of aromatic nitrogens is 3. The van der Waals surface area contributed by atoms with E-state index in [0.717, 1.165) is 60.8 Å². The summed E-state index contributed by atoms with van der Waals surface area (Å²) in [5, 5.41) is 10.8. The van der Waals surface area contributed by atoms with Crippen LogP contribution < -0.4 is 9.80 Å². The van der Waals surface area contributed by atoms with E-state index in [9.17, 15) is 5.26 Å². The molecule has 2 aromatic heterocycles. The van der Waals surface area contributed by atoms with Gasteiger partial charge in [0.1, 0.15) is 11.9 Å². The van der Waals surface area contributed by atoms with E-state index in [2.05, 4.69) is 54.8 Å². The highest BCUT2D eigenvalue weighted by molar-refractivity contribution is 6.28. The SMILES string of the molecule is Cc1cc(N2CCN3C(C)CN(c4ccc(C#N)c5ncccc45)CC3C2)nc(Cl)n1. The van der Waals surface area contributed by atoms with Crippen LogP contribution in [0.1, 0.15) is 18.2 Å². The molecule has 0 bridgehead atoms. The number of fused-ring (bicyclic) bond motifs is 2. The molecule has 2 aliphatic heterocycles. The number of benzene rings is 1. The maximum Gasteiger partial charge on any atom is 0.224 e. The minimum absolute atomic E-state index is 0.299. The maximum absolute atomic E-state index is 9.47. The average Bonchev–Trinajstić information content (AvgIpc) is 2.77. The van der Waals surface area contributed by atoms with Crippen LogP contribution in [0.5, 0.6) is 0 Å². The Hall–Kier alpha value is -2.95. The van der Waals surface area contributed by atoms with Gasteiger partial charge in [0.15, 0.2) is 0 Å². The third-order valence-corrected chi connectivity index (χ3v) is 6.52. The molecular formula is C23H24ClN7. The van der Waals surface area contributed by atoms with Gasteiger partial charge in [-0.25, -0.2) is 9.97 Å². The molecular weight excluding hydrogens is 410 g/mol. The fourth-order valence-electron chi connectivity index (χ4n) is 4.97. The highest BCUT2D eigenvalue weighted by atomic mass is 35.5. The minimum Gasteiger partial charge on any atom is -0.368 e. The van der Waals surface area contributed by atoms with Gasteiger partial charge in [0.2, 0.25) is 5.28 Å². The van der Waals surface area contributed by atoms with Crippen LogP contribution in [0.3, 0.4) is 0 Å². The third-order valence-electron chi connectivity index (χ3n) is 6.36. The van der Waals surface area contributed by atoms with Crippen molar-refractivity contribution in [2.45, 2.75) is 25.9 Å². The molecule has 31 heavy (non-hydrogen) atoms. The molecule has 7 nitrogen and oxygen atoms in total. The van der Waals surface area contributed by atoms with Gasteiger partial charge in [-0.2, -0.15) is 5.26 Å². The van der Waals surface area contributed by atoms with E-state index in [0.29, 0.717) is 22.9 Å². The largest absolute Gasteiger partial charge is 0.368 e. The van der Waals surface area contributed by atoms with Gasteiger partial charge >= 0.3 is 0 Å². The van der Waals surface area contributed by atoms with Crippen LogP contribution in [-0.2, 0) is 0 Å². The summed E-state index contributed by atoms with van der Waals surface area (Å²) in [4.78, 5) is 20.5. The second kappa shape index (κ2) is 7.95. The van der Waals surface area contributed by atoms with Gasteiger partial charge in [-0.3, -0.25) is 9.88 Å². The molecule has 5 rings (SSSR count). The van der Waals surface area contributed by atoms with Crippen molar-refractivity contribution in [1.82, 2.24) is 19.9 Å². The summed E-state index contributed by atoms with van der Waals surface area (Å²) in [5.41, 5.74) is 3.42. The molecule has 0 aliphatic carbocycles. The lowest BCUT2D eigenvalue weighted by Gasteiger charge is -2.51. The first-order chi connectivity index (χ1) is 15.0. The fraction of sp³-hybridized carbons (Fsp3) is 0.391. The number of nitrogens with zero attached hydrogens (tertiary/aromatic N) is 7. The van der Waals surface area contributed by atoms with Crippen LogP contribution in [0.25, 0.3) is 10.9 Å². The van der Waals surface area contributed by atoms with E-state index in [1.54, 1.807) is 6.20 Å². The van der Waals surface area contributed by atoms with Crippen LogP contribution in [0, 0.1) is 18.3 Å². The number of anilines is 2. The monoisotopic (exact) mass is 433 g/mol. The molecule has 158 valence electrons. The summed E-state index contributed by atoms with van der Waals surface area (Å²) in [5.74, 6) is 0.898. The summed E-state index contributed by atoms with van der Waals surface area (Å²) < 4.78 is 0. The Bertz CT molecular complexity index is 1150. The van der Waals surface area contributed by atoms with Crippen molar-refractivity contribution in [3.8, 4) is 6.07 Å². The Kier molecular flexibility index (Phi) is 5.12. The Labute approximate surface area is 186 Å². The number of halogens is 1. The van der Waals surface area contributed by atoms with E-state index in [4.69, 9.17) is 11.6 Å². The number of pyridine rings is 1. The van der Waals surface area contributed by atoms with Gasteiger partial charge in [0.05, 0.1) is 11.1 Å². The summed E-state index contributed by atoms with van der Waals surface area (Å²) in [6.07, 6.45) is 1.75. The Balaban J connectivity index is 1.44. The molecule has 0 spiro atoms. The lowest BCUT2D eigenvalue weighted by atomic mass is 10.0. The second-order valence-electron chi connectivity index (χ2n) is 8.37. The molecule has 4 heterocycles. The zero-order valence-electron chi connectivity index (χ0n) is 17.7. The van der Waals surface area contributed by atoms with Crippen molar-refractivity contribution >= 4 is 34.0 Å². The van der Waals surface area contributed by atoms with Crippen LogP contribution in [0.2, 0.25) is 5.28 Å². The molecule has 2 aliphatic rings. The second-order valence-corrected chi connectivity index (χ2v) is 8.71. The van der Waals surface area contributed by atoms with Crippen molar-refractivity contribution in [2.75, 3.05) is 42.5 Å². The molecule has 0 amide bonds. The minimum atomic E-state index is 0.299. The lowest BCUT2D eigenvalue weighted by Crippen LogP contribution is -2.65. The zero-order chi connectivity index (χ0) is 21.5. The van der Waals surface area contributed by atoms with Crippen LogP contribution >= 0.6 is 11.6 Å². The number of nitriles is 1. The zero-order valence-corrected chi connectivity index (χ0v) is 18.4. The number of hydrogen-bond donors (Lipinski definition) is 0. The van der Waals surface area contributed by atoms with E-state index >= 15 is 0 Å². The highest BCUT2D eigenvalue weighted by Crippen LogP contribution is 2.32. The molecule has 3 aromatic rings.